The average Bonchev–Trinajstić information content (AvgIpc) is 3.03. The highest BCUT2D eigenvalue weighted by molar-refractivity contribution is 5.74. The third kappa shape index (κ3) is 7.36. The van der Waals surface area contributed by atoms with Gasteiger partial charge in [0, 0.05) is 23.3 Å². The third-order valence-electron chi connectivity index (χ3n) is 7.55. The van der Waals surface area contributed by atoms with Crippen LogP contribution in [0.15, 0.2) is 97.1 Å². The summed E-state index contributed by atoms with van der Waals surface area (Å²) in [6.45, 7) is 0.641. The lowest BCUT2D eigenvalue weighted by molar-refractivity contribution is -0.185. The molecule has 5 aromatic rings. The first kappa shape index (κ1) is 32.6. The van der Waals surface area contributed by atoms with Gasteiger partial charge in [-0.25, -0.2) is 22.0 Å². The highest BCUT2D eigenvalue weighted by Crippen LogP contribution is 2.37. The van der Waals surface area contributed by atoms with E-state index in [0.717, 1.165) is 37.0 Å². The highest BCUT2D eigenvalue weighted by Gasteiger charge is 2.35. The van der Waals surface area contributed by atoms with Crippen molar-refractivity contribution in [1.82, 2.24) is 0 Å². The molecule has 9 heteroatoms. The lowest BCUT2D eigenvalue weighted by Crippen LogP contribution is -2.22. The van der Waals surface area contributed by atoms with Crippen molar-refractivity contribution < 1.29 is 40.2 Å². The van der Waals surface area contributed by atoms with Gasteiger partial charge in [0.05, 0.1) is 5.56 Å². The molecule has 0 heterocycles. The molecule has 0 aliphatic rings. The summed E-state index contributed by atoms with van der Waals surface area (Å²) >= 11 is 0. The van der Waals surface area contributed by atoms with Crippen LogP contribution in [0.5, 0.6) is 11.5 Å². The van der Waals surface area contributed by atoms with E-state index in [1.54, 1.807) is 12.1 Å². The number of hydrogen-bond donors (Lipinski definition) is 0. The number of unbranched alkanes of at least 4 members (excludes halogenated alkanes) is 2. The zero-order valence-corrected chi connectivity index (χ0v) is 24.7. The molecule has 0 aromatic heterocycles. The lowest BCUT2D eigenvalue weighted by atomic mass is 9.96. The van der Waals surface area contributed by atoms with Gasteiger partial charge in [-0.05, 0) is 64.9 Å². The van der Waals surface area contributed by atoms with Gasteiger partial charge in [0.15, 0.2) is 17.4 Å². The molecule has 238 valence electrons. The molecule has 46 heavy (non-hydrogen) atoms. The van der Waals surface area contributed by atoms with E-state index in [1.165, 1.54) is 48.4 Å². The second-order valence-electron chi connectivity index (χ2n) is 10.7. The standard InChI is InChI=1S/C37H29F7O2/c1-2-3-4-5-23-6-8-24(9-7-23)26-12-16-31(32(39)18-26)27-13-17-30(33(40)19-27)25-10-14-28(15-11-25)37(43,44)46-29-20-34(41)36(45-22-38)35(42)21-29/h6-21H,2-5,22H2,1H3. The SMILES string of the molecule is CCCCCc1ccc(-c2ccc(-c3ccc(-c4ccc(C(F)(F)Oc5cc(F)c(OCF)c(F)c5)cc4)c(F)c3)c(F)c2)cc1. The Labute approximate surface area is 262 Å². The molecule has 5 aromatic carbocycles. The van der Waals surface area contributed by atoms with E-state index in [-0.39, 0.29) is 16.7 Å². The third-order valence-corrected chi connectivity index (χ3v) is 7.55. The number of halogens is 7. The molecule has 5 rings (SSSR count). The monoisotopic (exact) mass is 638 g/mol. The van der Waals surface area contributed by atoms with Crippen LogP contribution in [0, 0.1) is 23.3 Å². The highest BCUT2D eigenvalue weighted by atomic mass is 19.3. The number of alkyl halides is 3. The number of aryl methyl sites for hydroxylation is 1. The van der Waals surface area contributed by atoms with Crippen LogP contribution in [-0.2, 0) is 12.5 Å². The Kier molecular flexibility index (Phi) is 9.99. The van der Waals surface area contributed by atoms with Crippen LogP contribution in [0.4, 0.5) is 30.7 Å². The summed E-state index contributed by atoms with van der Waals surface area (Å²) < 4.78 is 109. The van der Waals surface area contributed by atoms with Gasteiger partial charge >= 0.3 is 6.11 Å². The molecule has 0 bridgehead atoms. The molecule has 0 fully saturated rings. The minimum atomic E-state index is -4.03. The first-order valence-electron chi connectivity index (χ1n) is 14.6. The Morgan fingerprint density at radius 3 is 1.72 bits per heavy atom. The Bertz CT molecular complexity index is 1780. The minimum absolute atomic E-state index is 0.0863. The van der Waals surface area contributed by atoms with E-state index in [2.05, 4.69) is 16.4 Å². The van der Waals surface area contributed by atoms with Crippen LogP contribution < -0.4 is 9.47 Å². The summed E-state index contributed by atoms with van der Waals surface area (Å²) in [5.74, 6) is -5.97. The second kappa shape index (κ2) is 14.1. The summed E-state index contributed by atoms with van der Waals surface area (Å²) in [5.41, 5.74) is 2.95. The molecule has 0 unspecified atom stereocenters. The summed E-state index contributed by atoms with van der Waals surface area (Å²) in [6, 6.07) is 22.2. The van der Waals surface area contributed by atoms with E-state index in [1.807, 2.05) is 24.3 Å². The van der Waals surface area contributed by atoms with Crippen LogP contribution >= 0.6 is 0 Å². The Morgan fingerprint density at radius 2 is 1.13 bits per heavy atom. The van der Waals surface area contributed by atoms with Gasteiger partial charge in [-0.15, -0.1) is 0 Å². The summed E-state index contributed by atoms with van der Waals surface area (Å²) in [5, 5.41) is 0. The fourth-order valence-electron chi connectivity index (χ4n) is 5.13. The van der Waals surface area contributed by atoms with Crippen LogP contribution in [-0.4, -0.2) is 6.86 Å². The van der Waals surface area contributed by atoms with Gasteiger partial charge < -0.3 is 9.47 Å². The smallest absolute Gasteiger partial charge is 0.426 e. The number of benzene rings is 5. The quantitative estimate of drug-likeness (QED) is 0.100. The van der Waals surface area contributed by atoms with E-state index >= 15 is 8.78 Å². The number of rotatable bonds is 12. The predicted molar refractivity (Wildman–Crippen MR) is 163 cm³/mol. The van der Waals surface area contributed by atoms with Crippen molar-refractivity contribution in [2.24, 2.45) is 0 Å². The van der Waals surface area contributed by atoms with Gasteiger partial charge in [-0.2, -0.15) is 8.78 Å². The molecule has 0 atom stereocenters. The largest absolute Gasteiger partial charge is 0.457 e. The van der Waals surface area contributed by atoms with E-state index in [0.29, 0.717) is 23.3 Å². The molecular formula is C37H29F7O2. The molecule has 0 radical (unpaired) electrons. The number of hydrogen-bond acceptors (Lipinski definition) is 2. The first-order valence-corrected chi connectivity index (χ1v) is 14.6. The summed E-state index contributed by atoms with van der Waals surface area (Å²) in [4.78, 5) is 0. The van der Waals surface area contributed by atoms with E-state index in [9.17, 15) is 22.0 Å². The fourth-order valence-corrected chi connectivity index (χ4v) is 5.13. The van der Waals surface area contributed by atoms with Gasteiger partial charge in [0.25, 0.3) is 0 Å². The Hall–Kier alpha value is -4.79. The normalized spacial score (nSPS) is 11.5. The molecule has 0 saturated carbocycles. The second-order valence-corrected chi connectivity index (χ2v) is 10.7. The molecule has 0 spiro atoms. The molecule has 2 nitrogen and oxygen atoms in total. The molecule has 0 aliphatic heterocycles. The number of ether oxygens (including phenoxy) is 2. The van der Waals surface area contributed by atoms with Crippen molar-refractivity contribution in [2.75, 3.05) is 6.86 Å². The van der Waals surface area contributed by atoms with Crippen LogP contribution in [0.3, 0.4) is 0 Å². The minimum Gasteiger partial charge on any atom is -0.457 e. The maximum atomic E-state index is 15.2. The molecule has 0 amide bonds. The van der Waals surface area contributed by atoms with E-state index in [4.69, 9.17) is 0 Å². The van der Waals surface area contributed by atoms with Crippen molar-refractivity contribution in [3.05, 3.63) is 131 Å². The zero-order valence-electron chi connectivity index (χ0n) is 24.7. The van der Waals surface area contributed by atoms with Crippen LogP contribution in [0.25, 0.3) is 33.4 Å². The topological polar surface area (TPSA) is 18.5 Å². The lowest BCUT2D eigenvalue weighted by Gasteiger charge is -2.19. The summed E-state index contributed by atoms with van der Waals surface area (Å²) in [7, 11) is 0. The first-order chi connectivity index (χ1) is 22.1. The van der Waals surface area contributed by atoms with Crippen molar-refractivity contribution >= 4 is 0 Å². The average molecular weight is 639 g/mol. The summed E-state index contributed by atoms with van der Waals surface area (Å²) in [6.07, 6.45) is 0.407. The van der Waals surface area contributed by atoms with E-state index < -0.39 is 53.3 Å². The Morgan fingerprint density at radius 1 is 0.587 bits per heavy atom. The zero-order chi connectivity index (χ0) is 32.8. The molecule has 0 aliphatic carbocycles. The van der Waals surface area contributed by atoms with Crippen molar-refractivity contribution in [3.8, 4) is 44.9 Å². The van der Waals surface area contributed by atoms with Gasteiger partial charge in [0.1, 0.15) is 17.4 Å². The van der Waals surface area contributed by atoms with Crippen LogP contribution in [0.1, 0.15) is 37.3 Å². The maximum Gasteiger partial charge on any atom is 0.426 e. The van der Waals surface area contributed by atoms with Crippen molar-refractivity contribution in [3.63, 3.8) is 0 Å². The Balaban J connectivity index is 1.30. The van der Waals surface area contributed by atoms with Crippen LogP contribution in [0.2, 0.25) is 0 Å². The fraction of sp³-hybridized carbons (Fsp3) is 0.189. The predicted octanol–water partition coefficient (Wildman–Crippen LogP) is 11.4. The van der Waals surface area contributed by atoms with Crippen molar-refractivity contribution in [2.45, 2.75) is 38.7 Å². The van der Waals surface area contributed by atoms with Gasteiger partial charge in [-0.3, -0.25) is 0 Å². The van der Waals surface area contributed by atoms with Gasteiger partial charge in [0.2, 0.25) is 6.86 Å². The molecule has 0 N–H and O–H groups in total. The van der Waals surface area contributed by atoms with Gasteiger partial charge in [-0.1, -0.05) is 80.4 Å². The molecule has 0 saturated heterocycles. The van der Waals surface area contributed by atoms with Crippen molar-refractivity contribution in [1.29, 1.82) is 0 Å². The maximum absolute atomic E-state index is 15.2. The molecular weight excluding hydrogens is 609 g/mol.